The molecule has 0 saturated heterocycles. The first kappa shape index (κ1) is 11.8. The number of nitrogens with zero attached hydrogens (tertiary/aromatic N) is 3. The second-order valence-electron chi connectivity index (χ2n) is 3.42. The first-order chi connectivity index (χ1) is 6.97. The van der Waals surface area contributed by atoms with Gasteiger partial charge in [0.25, 0.3) is 5.91 Å². The summed E-state index contributed by atoms with van der Waals surface area (Å²) in [6.45, 7) is 2.85. The minimum atomic E-state index is -0.0965. The minimum Gasteiger partial charge on any atom is -0.382 e. The summed E-state index contributed by atoms with van der Waals surface area (Å²) in [5, 5.41) is 0.778. The number of rotatable bonds is 3. The first-order valence-electron chi connectivity index (χ1n) is 4.66. The SMILES string of the molecule is CCN(C)c1nc(N)c(C(=O)N(C)C)s1. The zero-order valence-electron chi connectivity index (χ0n) is 9.44. The van der Waals surface area contributed by atoms with E-state index >= 15 is 0 Å². The Morgan fingerprint density at radius 1 is 1.47 bits per heavy atom. The van der Waals surface area contributed by atoms with Crippen molar-refractivity contribution in [3.05, 3.63) is 4.88 Å². The van der Waals surface area contributed by atoms with Crippen LogP contribution in [0.5, 0.6) is 0 Å². The summed E-state index contributed by atoms with van der Waals surface area (Å²) in [5.41, 5.74) is 5.70. The van der Waals surface area contributed by atoms with Crippen LogP contribution < -0.4 is 10.6 Å². The second-order valence-corrected chi connectivity index (χ2v) is 4.40. The molecule has 0 aliphatic heterocycles. The van der Waals surface area contributed by atoms with Crippen LogP contribution in [-0.4, -0.2) is 43.5 Å². The Morgan fingerprint density at radius 3 is 2.53 bits per heavy atom. The number of nitrogens with two attached hydrogens (primary N) is 1. The summed E-state index contributed by atoms with van der Waals surface area (Å²) in [6, 6.07) is 0. The fourth-order valence-electron chi connectivity index (χ4n) is 0.975. The van der Waals surface area contributed by atoms with Gasteiger partial charge in [0.05, 0.1) is 0 Å². The van der Waals surface area contributed by atoms with Gasteiger partial charge in [0.1, 0.15) is 10.7 Å². The Balaban J connectivity index is 3.01. The molecule has 5 nitrogen and oxygen atoms in total. The number of hydrogen-bond acceptors (Lipinski definition) is 5. The molecular weight excluding hydrogens is 212 g/mol. The molecule has 0 saturated carbocycles. The predicted molar refractivity (Wildman–Crippen MR) is 63.5 cm³/mol. The van der Waals surface area contributed by atoms with E-state index in [0.717, 1.165) is 11.7 Å². The summed E-state index contributed by atoms with van der Waals surface area (Å²) in [7, 11) is 5.32. The standard InChI is InChI=1S/C9H16N4OS/c1-5-13(4)9-11-7(10)6(15-9)8(14)12(2)3/h5,10H2,1-4H3. The van der Waals surface area contributed by atoms with Gasteiger partial charge in [-0.3, -0.25) is 4.79 Å². The molecule has 1 aromatic rings. The van der Waals surface area contributed by atoms with Crippen molar-refractivity contribution in [2.45, 2.75) is 6.92 Å². The van der Waals surface area contributed by atoms with E-state index in [1.807, 2.05) is 18.9 Å². The number of nitrogen functional groups attached to an aromatic ring is 1. The van der Waals surface area contributed by atoms with Gasteiger partial charge in [0, 0.05) is 27.7 Å². The van der Waals surface area contributed by atoms with E-state index in [1.54, 1.807) is 14.1 Å². The van der Waals surface area contributed by atoms with E-state index in [4.69, 9.17) is 5.73 Å². The van der Waals surface area contributed by atoms with Gasteiger partial charge < -0.3 is 15.5 Å². The molecule has 15 heavy (non-hydrogen) atoms. The number of aromatic nitrogens is 1. The Kier molecular flexibility index (Phi) is 3.52. The molecule has 1 aromatic heterocycles. The van der Waals surface area contributed by atoms with Crippen LogP contribution in [0.2, 0.25) is 0 Å². The van der Waals surface area contributed by atoms with Crippen molar-refractivity contribution in [3.63, 3.8) is 0 Å². The van der Waals surface area contributed by atoms with E-state index < -0.39 is 0 Å². The van der Waals surface area contributed by atoms with E-state index in [2.05, 4.69) is 4.98 Å². The maximum Gasteiger partial charge on any atom is 0.267 e. The maximum absolute atomic E-state index is 11.7. The van der Waals surface area contributed by atoms with Crippen LogP contribution >= 0.6 is 11.3 Å². The molecule has 0 aliphatic rings. The minimum absolute atomic E-state index is 0.0965. The van der Waals surface area contributed by atoms with Gasteiger partial charge in [0.15, 0.2) is 5.13 Å². The molecule has 6 heteroatoms. The topological polar surface area (TPSA) is 62.5 Å². The third kappa shape index (κ3) is 2.38. The number of hydrogen-bond donors (Lipinski definition) is 1. The van der Waals surface area contributed by atoms with Crippen molar-refractivity contribution in [2.24, 2.45) is 0 Å². The molecule has 2 N–H and O–H groups in total. The van der Waals surface area contributed by atoms with Gasteiger partial charge in [-0.15, -0.1) is 0 Å². The highest BCUT2D eigenvalue weighted by Gasteiger charge is 2.18. The lowest BCUT2D eigenvalue weighted by Crippen LogP contribution is -2.21. The first-order valence-corrected chi connectivity index (χ1v) is 5.48. The Bertz CT molecular complexity index is 361. The van der Waals surface area contributed by atoms with E-state index in [0.29, 0.717) is 10.7 Å². The molecule has 0 aromatic carbocycles. The van der Waals surface area contributed by atoms with Crippen LogP contribution in [0.25, 0.3) is 0 Å². The van der Waals surface area contributed by atoms with Crippen molar-refractivity contribution in [1.82, 2.24) is 9.88 Å². The fraction of sp³-hybridized carbons (Fsp3) is 0.556. The molecule has 1 amide bonds. The van der Waals surface area contributed by atoms with Crippen LogP contribution in [-0.2, 0) is 0 Å². The van der Waals surface area contributed by atoms with Crippen LogP contribution in [0.1, 0.15) is 16.6 Å². The van der Waals surface area contributed by atoms with Gasteiger partial charge in [-0.25, -0.2) is 4.98 Å². The Morgan fingerprint density at radius 2 is 2.07 bits per heavy atom. The summed E-state index contributed by atoms with van der Waals surface area (Å²) in [5.74, 6) is 0.217. The monoisotopic (exact) mass is 228 g/mol. The average molecular weight is 228 g/mol. The van der Waals surface area contributed by atoms with Crippen molar-refractivity contribution in [2.75, 3.05) is 38.3 Å². The number of anilines is 2. The molecule has 0 spiro atoms. The van der Waals surface area contributed by atoms with Crippen molar-refractivity contribution in [3.8, 4) is 0 Å². The Hall–Kier alpha value is -1.30. The van der Waals surface area contributed by atoms with Crippen LogP contribution in [0.3, 0.4) is 0 Å². The Labute approximate surface area is 93.5 Å². The van der Waals surface area contributed by atoms with E-state index in [9.17, 15) is 4.79 Å². The quantitative estimate of drug-likeness (QED) is 0.834. The van der Waals surface area contributed by atoms with Crippen LogP contribution in [0, 0.1) is 0 Å². The average Bonchev–Trinajstić information content (AvgIpc) is 2.57. The molecule has 0 fully saturated rings. The van der Waals surface area contributed by atoms with Gasteiger partial charge in [0.2, 0.25) is 0 Å². The third-order valence-electron chi connectivity index (χ3n) is 2.04. The maximum atomic E-state index is 11.7. The normalized spacial score (nSPS) is 10.1. The van der Waals surface area contributed by atoms with Crippen molar-refractivity contribution >= 4 is 28.2 Å². The second kappa shape index (κ2) is 4.48. The van der Waals surface area contributed by atoms with Gasteiger partial charge >= 0.3 is 0 Å². The number of amides is 1. The highest BCUT2D eigenvalue weighted by molar-refractivity contribution is 7.18. The molecule has 0 bridgehead atoms. The van der Waals surface area contributed by atoms with Crippen LogP contribution in [0.15, 0.2) is 0 Å². The number of carbonyl (C=O) groups excluding carboxylic acids is 1. The molecule has 0 atom stereocenters. The lowest BCUT2D eigenvalue weighted by atomic mass is 10.4. The number of carbonyl (C=O) groups is 1. The highest BCUT2D eigenvalue weighted by Crippen LogP contribution is 2.27. The molecule has 0 radical (unpaired) electrons. The van der Waals surface area contributed by atoms with E-state index in [-0.39, 0.29) is 5.91 Å². The molecule has 1 rings (SSSR count). The van der Waals surface area contributed by atoms with Crippen LogP contribution in [0.4, 0.5) is 10.9 Å². The van der Waals surface area contributed by atoms with Gasteiger partial charge in [-0.2, -0.15) is 0 Å². The largest absolute Gasteiger partial charge is 0.382 e. The lowest BCUT2D eigenvalue weighted by molar-refractivity contribution is 0.0833. The summed E-state index contributed by atoms with van der Waals surface area (Å²) in [6.07, 6.45) is 0. The smallest absolute Gasteiger partial charge is 0.267 e. The fourth-order valence-corrected chi connectivity index (χ4v) is 2.01. The van der Waals surface area contributed by atoms with E-state index in [1.165, 1.54) is 16.2 Å². The molecule has 0 aliphatic carbocycles. The molecule has 1 heterocycles. The van der Waals surface area contributed by atoms with Gasteiger partial charge in [-0.1, -0.05) is 11.3 Å². The zero-order chi connectivity index (χ0) is 11.6. The van der Waals surface area contributed by atoms with Gasteiger partial charge in [-0.05, 0) is 6.92 Å². The lowest BCUT2D eigenvalue weighted by Gasteiger charge is -2.11. The predicted octanol–water partition coefficient (Wildman–Crippen LogP) is 0.883. The summed E-state index contributed by atoms with van der Waals surface area (Å²) >= 11 is 1.33. The summed E-state index contributed by atoms with van der Waals surface area (Å²) in [4.78, 5) is 19.8. The van der Waals surface area contributed by atoms with Crippen molar-refractivity contribution < 1.29 is 4.79 Å². The third-order valence-corrected chi connectivity index (χ3v) is 3.22. The number of thiazole rings is 1. The van der Waals surface area contributed by atoms with Crippen molar-refractivity contribution in [1.29, 1.82) is 0 Å². The summed E-state index contributed by atoms with van der Waals surface area (Å²) < 4.78 is 0. The molecule has 0 unspecified atom stereocenters. The molecular formula is C9H16N4OS. The zero-order valence-corrected chi connectivity index (χ0v) is 10.3. The highest BCUT2D eigenvalue weighted by atomic mass is 32.1. The molecule has 84 valence electrons.